The molecule has 1 aliphatic carbocycles. The van der Waals surface area contributed by atoms with Crippen LogP contribution in [0.5, 0.6) is 0 Å². The molecule has 0 amide bonds. The van der Waals surface area contributed by atoms with Crippen molar-refractivity contribution in [2.24, 2.45) is 0 Å². The van der Waals surface area contributed by atoms with Gasteiger partial charge in [0.05, 0.1) is 12.2 Å². The van der Waals surface area contributed by atoms with Gasteiger partial charge in [-0.1, -0.05) is 0 Å². The molecule has 1 fully saturated rings. The summed E-state index contributed by atoms with van der Waals surface area (Å²) >= 11 is 0. The number of hydrogen-bond donors (Lipinski definition) is 1. The first-order valence-electron chi connectivity index (χ1n) is 3.07. The molecule has 0 atom stereocenters. The van der Waals surface area contributed by atoms with Gasteiger partial charge in [0.15, 0.2) is 0 Å². The van der Waals surface area contributed by atoms with Crippen molar-refractivity contribution in [3.05, 3.63) is 0 Å². The van der Waals surface area contributed by atoms with Crippen molar-refractivity contribution in [2.45, 2.75) is 25.4 Å². The third-order valence-corrected chi connectivity index (χ3v) is 1.40. The molecule has 0 aromatic rings. The highest BCUT2D eigenvalue weighted by molar-refractivity contribution is 4.92. The molecule has 0 spiro atoms. The summed E-state index contributed by atoms with van der Waals surface area (Å²) in [5.41, 5.74) is -0.421. The van der Waals surface area contributed by atoms with E-state index < -0.39 is 5.60 Å². The third kappa shape index (κ3) is 1.46. The zero-order valence-electron chi connectivity index (χ0n) is 5.18. The van der Waals surface area contributed by atoms with E-state index >= 15 is 0 Å². The van der Waals surface area contributed by atoms with Gasteiger partial charge >= 0.3 is 0 Å². The fraction of sp³-hybridized carbons (Fsp3) is 1.00. The van der Waals surface area contributed by atoms with E-state index in [1.165, 1.54) is 0 Å². The Morgan fingerprint density at radius 2 is 2.25 bits per heavy atom. The Morgan fingerprint density at radius 3 is 2.62 bits per heavy atom. The second-order valence-electron chi connectivity index (χ2n) is 2.36. The molecule has 1 saturated carbocycles. The lowest BCUT2D eigenvalue weighted by Crippen LogP contribution is -2.15. The highest BCUT2D eigenvalue weighted by Gasteiger charge is 2.40. The average molecular weight is 116 g/mol. The molecule has 2 heteroatoms. The highest BCUT2D eigenvalue weighted by Crippen LogP contribution is 2.34. The summed E-state index contributed by atoms with van der Waals surface area (Å²) < 4.78 is 5.01. The molecule has 48 valence electrons. The lowest BCUT2D eigenvalue weighted by atomic mass is 10.4. The topological polar surface area (TPSA) is 29.5 Å². The molecule has 8 heavy (non-hydrogen) atoms. The molecule has 0 heterocycles. The molecular weight excluding hydrogens is 104 g/mol. The van der Waals surface area contributed by atoms with Crippen LogP contribution in [0.25, 0.3) is 0 Å². The molecule has 0 aromatic heterocycles. The maximum atomic E-state index is 9.13. The van der Waals surface area contributed by atoms with Gasteiger partial charge in [-0.3, -0.25) is 0 Å². The van der Waals surface area contributed by atoms with Crippen LogP contribution in [0.4, 0.5) is 0 Å². The van der Waals surface area contributed by atoms with Crippen LogP contribution < -0.4 is 0 Å². The van der Waals surface area contributed by atoms with Crippen molar-refractivity contribution in [2.75, 3.05) is 13.2 Å². The first-order valence-corrected chi connectivity index (χ1v) is 3.07. The molecule has 0 aliphatic heterocycles. The highest BCUT2D eigenvalue weighted by atomic mass is 16.5. The minimum atomic E-state index is -0.421. The van der Waals surface area contributed by atoms with Crippen molar-refractivity contribution in [1.82, 2.24) is 0 Å². The minimum Gasteiger partial charge on any atom is -0.387 e. The lowest BCUT2D eigenvalue weighted by Gasteiger charge is -2.04. The van der Waals surface area contributed by atoms with Crippen molar-refractivity contribution in [1.29, 1.82) is 0 Å². The molecule has 1 rings (SSSR count). The molecule has 1 N–H and O–H groups in total. The van der Waals surface area contributed by atoms with Gasteiger partial charge in [-0.05, 0) is 19.8 Å². The molecule has 0 saturated heterocycles. The van der Waals surface area contributed by atoms with Gasteiger partial charge in [-0.25, -0.2) is 0 Å². The lowest BCUT2D eigenvalue weighted by molar-refractivity contribution is 0.0261. The largest absolute Gasteiger partial charge is 0.387 e. The quantitative estimate of drug-likeness (QED) is 0.583. The van der Waals surface area contributed by atoms with Crippen molar-refractivity contribution in [3.63, 3.8) is 0 Å². The smallest absolute Gasteiger partial charge is 0.0882 e. The Balaban J connectivity index is 2.01. The molecule has 0 bridgehead atoms. The van der Waals surface area contributed by atoms with Crippen LogP contribution in [0.15, 0.2) is 0 Å². The van der Waals surface area contributed by atoms with E-state index in [1.807, 2.05) is 6.92 Å². The Morgan fingerprint density at radius 1 is 1.62 bits per heavy atom. The predicted octanol–water partition coefficient (Wildman–Crippen LogP) is 0.548. The Kier molecular flexibility index (Phi) is 1.54. The zero-order valence-corrected chi connectivity index (χ0v) is 5.18. The normalized spacial score (nSPS) is 23.2. The van der Waals surface area contributed by atoms with E-state index in [0.29, 0.717) is 13.2 Å². The van der Waals surface area contributed by atoms with Crippen LogP contribution >= 0.6 is 0 Å². The van der Waals surface area contributed by atoms with E-state index in [0.717, 1.165) is 12.8 Å². The van der Waals surface area contributed by atoms with Crippen molar-refractivity contribution in [3.8, 4) is 0 Å². The summed E-state index contributed by atoms with van der Waals surface area (Å²) in [4.78, 5) is 0. The third-order valence-electron chi connectivity index (χ3n) is 1.40. The molecule has 2 nitrogen and oxygen atoms in total. The zero-order chi connectivity index (χ0) is 6.04. The summed E-state index contributed by atoms with van der Waals surface area (Å²) in [5, 5.41) is 9.13. The van der Waals surface area contributed by atoms with Crippen molar-refractivity contribution >= 4 is 0 Å². The summed E-state index contributed by atoms with van der Waals surface area (Å²) in [7, 11) is 0. The van der Waals surface area contributed by atoms with Gasteiger partial charge in [-0.2, -0.15) is 0 Å². The second-order valence-corrected chi connectivity index (χ2v) is 2.36. The second kappa shape index (κ2) is 2.03. The molecule has 0 radical (unpaired) electrons. The van der Waals surface area contributed by atoms with Crippen LogP contribution in [0.1, 0.15) is 19.8 Å². The summed E-state index contributed by atoms with van der Waals surface area (Å²) in [5.74, 6) is 0. The summed E-state index contributed by atoms with van der Waals surface area (Å²) in [6.45, 7) is 3.18. The number of hydrogen-bond acceptors (Lipinski definition) is 2. The average Bonchev–Trinajstić information content (AvgIpc) is 2.45. The number of ether oxygens (including phenoxy) is 1. The van der Waals surface area contributed by atoms with E-state index in [1.54, 1.807) is 0 Å². The van der Waals surface area contributed by atoms with Gasteiger partial charge in [-0.15, -0.1) is 0 Å². The standard InChI is InChI=1S/C6H12O2/c1-2-8-5-6(7)3-4-6/h7H,2-5H2,1H3. The number of aliphatic hydroxyl groups is 1. The van der Waals surface area contributed by atoms with Gasteiger partial charge in [0.1, 0.15) is 0 Å². The first-order chi connectivity index (χ1) is 3.77. The van der Waals surface area contributed by atoms with Crippen LogP contribution in [0.2, 0.25) is 0 Å². The molecule has 0 unspecified atom stereocenters. The Labute approximate surface area is 49.5 Å². The van der Waals surface area contributed by atoms with E-state index in [9.17, 15) is 0 Å². The molecular formula is C6H12O2. The predicted molar refractivity (Wildman–Crippen MR) is 30.7 cm³/mol. The first kappa shape index (κ1) is 6.05. The van der Waals surface area contributed by atoms with Crippen LogP contribution in [0.3, 0.4) is 0 Å². The summed E-state index contributed by atoms with van der Waals surface area (Å²) in [6.07, 6.45) is 1.85. The SMILES string of the molecule is CCOCC1(O)CC1. The van der Waals surface area contributed by atoms with E-state index in [4.69, 9.17) is 9.84 Å². The summed E-state index contributed by atoms with van der Waals surface area (Å²) in [6, 6.07) is 0. The van der Waals surface area contributed by atoms with Gasteiger partial charge in [0, 0.05) is 6.61 Å². The maximum Gasteiger partial charge on any atom is 0.0882 e. The fourth-order valence-corrected chi connectivity index (χ4v) is 0.581. The molecule has 1 aliphatic rings. The van der Waals surface area contributed by atoms with Gasteiger partial charge in [0.2, 0.25) is 0 Å². The van der Waals surface area contributed by atoms with Gasteiger partial charge < -0.3 is 9.84 Å². The van der Waals surface area contributed by atoms with Gasteiger partial charge in [0.25, 0.3) is 0 Å². The van der Waals surface area contributed by atoms with E-state index in [-0.39, 0.29) is 0 Å². The van der Waals surface area contributed by atoms with E-state index in [2.05, 4.69) is 0 Å². The minimum absolute atomic E-state index is 0.421. The van der Waals surface area contributed by atoms with Crippen LogP contribution in [-0.2, 0) is 4.74 Å². The monoisotopic (exact) mass is 116 g/mol. The Bertz CT molecular complexity index is 76.6. The van der Waals surface area contributed by atoms with Crippen molar-refractivity contribution < 1.29 is 9.84 Å². The maximum absolute atomic E-state index is 9.13. The van der Waals surface area contributed by atoms with Crippen LogP contribution in [-0.4, -0.2) is 23.9 Å². The van der Waals surface area contributed by atoms with Crippen LogP contribution in [0, 0.1) is 0 Å². The number of rotatable bonds is 3. The molecule has 0 aromatic carbocycles. The fourth-order valence-electron chi connectivity index (χ4n) is 0.581. The Hall–Kier alpha value is -0.0800.